The Labute approximate surface area is 288 Å². The standard InChI is InChI=1S/C34H35Cl2FN4O6S/c1-20(42)38-39-31(43)18-30-34(44)41(32(22-11-13-24(35)14-12-22)33(47-30)23-5-4-6-25(36)17-23)29(21-9-10-21)19-40(48(45,46)26-15-16-26)28-8-3-2-7-27(28)37/h2-8,11-14,17,21,26,29-30,32-33H,9-10,15-16,18-19H2,1H3,(H,38,42)(H,39,43)/t29-,30-,32+,33+/m0/s1. The highest BCUT2D eigenvalue weighted by Gasteiger charge is 2.52. The van der Waals surface area contributed by atoms with Crippen LogP contribution in [0.15, 0.2) is 72.8 Å². The van der Waals surface area contributed by atoms with Crippen molar-refractivity contribution in [2.24, 2.45) is 5.92 Å². The quantitative estimate of drug-likeness (QED) is 0.254. The molecule has 14 heteroatoms. The van der Waals surface area contributed by atoms with Crippen molar-refractivity contribution in [3.63, 3.8) is 0 Å². The van der Waals surface area contributed by atoms with Crippen LogP contribution in [0, 0.1) is 11.7 Å². The number of carbonyl (C=O) groups is 3. The number of nitrogens with zero attached hydrogens (tertiary/aromatic N) is 2. The van der Waals surface area contributed by atoms with Crippen molar-refractivity contribution in [2.75, 3.05) is 10.8 Å². The number of hydrogen-bond donors (Lipinski definition) is 2. The highest BCUT2D eigenvalue weighted by atomic mass is 35.5. The average molecular weight is 718 g/mol. The molecule has 3 fully saturated rings. The minimum atomic E-state index is -3.98. The van der Waals surface area contributed by atoms with Gasteiger partial charge in [-0.1, -0.05) is 59.6 Å². The van der Waals surface area contributed by atoms with E-state index in [0.717, 1.165) is 4.31 Å². The third kappa shape index (κ3) is 7.46. The largest absolute Gasteiger partial charge is 0.357 e. The molecule has 0 unspecified atom stereocenters. The number of nitrogens with one attached hydrogen (secondary N) is 2. The first kappa shape index (κ1) is 34.2. The van der Waals surface area contributed by atoms with Gasteiger partial charge in [-0.15, -0.1) is 0 Å². The Balaban J connectivity index is 1.48. The second-order valence-corrected chi connectivity index (χ2v) is 15.4. The smallest absolute Gasteiger partial charge is 0.253 e. The van der Waals surface area contributed by atoms with Crippen LogP contribution < -0.4 is 15.2 Å². The third-order valence-electron chi connectivity index (χ3n) is 8.82. The van der Waals surface area contributed by atoms with E-state index in [1.54, 1.807) is 59.5 Å². The van der Waals surface area contributed by atoms with Crippen LogP contribution in [0.2, 0.25) is 10.0 Å². The molecule has 0 spiro atoms. The molecular formula is C34H35Cl2FN4O6S. The maximum Gasteiger partial charge on any atom is 0.253 e. The number of morpholine rings is 1. The van der Waals surface area contributed by atoms with E-state index >= 15 is 4.39 Å². The molecule has 10 nitrogen and oxygen atoms in total. The molecule has 3 aromatic carbocycles. The van der Waals surface area contributed by atoms with E-state index in [2.05, 4.69) is 10.9 Å². The van der Waals surface area contributed by atoms with Crippen molar-refractivity contribution >= 4 is 56.6 Å². The Morgan fingerprint density at radius 2 is 1.67 bits per heavy atom. The molecule has 1 heterocycles. The number of amides is 3. The molecule has 6 rings (SSSR count). The van der Waals surface area contributed by atoms with E-state index in [9.17, 15) is 22.8 Å². The number of ether oxygens (including phenoxy) is 1. The number of halogens is 3. The topological polar surface area (TPSA) is 125 Å². The number of hydrazine groups is 1. The molecule has 2 N–H and O–H groups in total. The van der Waals surface area contributed by atoms with Gasteiger partial charge in [-0.05, 0) is 79.1 Å². The summed E-state index contributed by atoms with van der Waals surface area (Å²) in [4.78, 5) is 40.7. The Kier molecular flexibility index (Phi) is 9.98. The summed E-state index contributed by atoms with van der Waals surface area (Å²) < 4.78 is 50.9. The summed E-state index contributed by atoms with van der Waals surface area (Å²) in [6.45, 7) is 1.03. The van der Waals surface area contributed by atoms with E-state index in [-0.39, 0.29) is 18.2 Å². The fraction of sp³-hybridized carbons (Fsp3) is 0.382. The number of anilines is 1. The lowest BCUT2D eigenvalue weighted by atomic mass is 9.89. The molecule has 3 amide bonds. The van der Waals surface area contributed by atoms with Crippen molar-refractivity contribution in [1.29, 1.82) is 0 Å². The van der Waals surface area contributed by atoms with Gasteiger partial charge in [-0.3, -0.25) is 29.5 Å². The van der Waals surface area contributed by atoms with E-state index in [4.69, 9.17) is 27.9 Å². The van der Waals surface area contributed by atoms with Crippen molar-refractivity contribution in [1.82, 2.24) is 15.8 Å². The summed E-state index contributed by atoms with van der Waals surface area (Å²) in [7, 11) is -3.98. The molecule has 2 saturated carbocycles. The van der Waals surface area contributed by atoms with Crippen molar-refractivity contribution in [3.05, 3.63) is 99.8 Å². The van der Waals surface area contributed by atoms with Crippen molar-refractivity contribution < 1.29 is 31.9 Å². The van der Waals surface area contributed by atoms with Gasteiger partial charge in [-0.2, -0.15) is 0 Å². The Hall–Kier alpha value is -3.71. The highest BCUT2D eigenvalue weighted by Crippen LogP contribution is 2.49. The first-order chi connectivity index (χ1) is 22.9. The number of hydrogen-bond acceptors (Lipinski definition) is 6. The molecule has 0 bridgehead atoms. The van der Waals surface area contributed by atoms with Gasteiger partial charge in [0.15, 0.2) is 0 Å². The molecule has 0 radical (unpaired) electrons. The summed E-state index contributed by atoms with van der Waals surface area (Å²) in [6.07, 6.45) is -0.242. The molecular weight excluding hydrogens is 682 g/mol. The van der Waals surface area contributed by atoms with Gasteiger partial charge in [0, 0.05) is 17.0 Å². The number of sulfonamides is 1. The van der Waals surface area contributed by atoms with Crippen molar-refractivity contribution in [3.8, 4) is 0 Å². The van der Waals surface area contributed by atoms with Crippen LogP contribution in [0.1, 0.15) is 62.3 Å². The van der Waals surface area contributed by atoms with Gasteiger partial charge < -0.3 is 9.64 Å². The first-order valence-corrected chi connectivity index (χ1v) is 18.0. The lowest BCUT2D eigenvalue weighted by Gasteiger charge is -2.49. The maximum absolute atomic E-state index is 15.4. The van der Waals surface area contributed by atoms with Gasteiger partial charge in [0.1, 0.15) is 18.0 Å². The van der Waals surface area contributed by atoms with Crippen LogP contribution in [-0.2, 0) is 29.1 Å². The maximum atomic E-state index is 15.4. The lowest BCUT2D eigenvalue weighted by Crippen LogP contribution is -2.59. The molecule has 1 aliphatic heterocycles. The number of carbonyl (C=O) groups excluding carboxylic acids is 3. The second kappa shape index (κ2) is 14.0. The predicted molar refractivity (Wildman–Crippen MR) is 179 cm³/mol. The normalized spacial score (nSPS) is 21.8. The fourth-order valence-electron chi connectivity index (χ4n) is 6.24. The number of benzene rings is 3. The van der Waals surface area contributed by atoms with Gasteiger partial charge in [0.05, 0.1) is 36.0 Å². The minimum Gasteiger partial charge on any atom is -0.357 e. The summed E-state index contributed by atoms with van der Waals surface area (Å²) in [5.74, 6) is -2.51. The zero-order chi connectivity index (χ0) is 34.2. The molecule has 48 heavy (non-hydrogen) atoms. The molecule has 1 saturated heterocycles. The zero-order valence-corrected chi connectivity index (χ0v) is 28.3. The first-order valence-electron chi connectivity index (χ1n) is 15.7. The third-order valence-corrected chi connectivity index (χ3v) is 11.6. The lowest BCUT2D eigenvalue weighted by molar-refractivity contribution is -0.181. The van der Waals surface area contributed by atoms with Crippen molar-refractivity contribution in [2.45, 2.75) is 68.6 Å². The average Bonchev–Trinajstić information content (AvgIpc) is 3.96. The van der Waals surface area contributed by atoms with Crippen LogP contribution in [0.25, 0.3) is 0 Å². The van der Waals surface area contributed by atoms with Crippen LogP contribution >= 0.6 is 23.2 Å². The molecule has 254 valence electrons. The van der Waals surface area contributed by atoms with E-state index in [1.807, 2.05) is 0 Å². The zero-order valence-electron chi connectivity index (χ0n) is 26.0. The number of para-hydroxylation sites is 1. The molecule has 2 aliphatic carbocycles. The summed E-state index contributed by atoms with van der Waals surface area (Å²) in [6, 6.07) is 18.1. The molecule has 3 aliphatic rings. The van der Waals surface area contributed by atoms with Gasteiger partial charge in [0.25, 0.3) is 5.91 Å². The van der Waals surface area contributed by atoms with Crippen LogP contribution in [-0.4, -0.2) is 55.0 Å². The van der Waals surface area contributed by atoms with Gasteiger partial charge >= 0.3 is 0 Å². The van der Waals surface area contributed by atoms with Gasteiger partial charge in [0.2, 0.25) is 21.8 Å². The second-order valence-electron chi connectivity index (χ2n) is 12.4. The highest BCUT2D eigenvalue weighted by molar-refractivity contribution is 7.93. The summed E-state index contributed by atoms with van der Waals surface area (Å²) >= 11 is 12.7. The molecule has 4 atom stereocenters. The van der Waals surface area contributed by atoms with Crippen LogP contribution in [0.3, 0.4) is 0 Å². The fourth-order valence-corrected chi connectivity index (χ4v) is 8.43. The SMILES string of the molecule is CC(=O)NNC(=O)C[C@@H]1O[C@H](c2cccc(Cl)c2)[C@@H](c2ccc(Cl)cc2)N([C@@H](CN(c2ccccc2F)S(=O)(=O)C2CC2)C2CC2)C1=O. The predicted octanol–water partition coefficient (Wildman–Crippen LogP) is 5.48. The van der Waals surface area contributed by atoms with Gasteiger partial charge in [-0.25, -0.2) is 12.8 Å². The number of rotatable bonds is 11. The van der Waals surface area contributed by atoms with E-state index in [1.165, 1.54) is 25.1 Å². The monoisotopic (exact) mass is 716 g/mol. The van der Waals surface area contributed by atoms with E-state index < -0.39 is 69.5 Å². The minimum absolute atomic E-state index is 0.0866. The Morgan fingerprint density at radius 1 is 0.958 bits per heavy atom. The summed E-state index contributed by atoms with van der Waals surface area (Å²) in [5, 5.41) is 0.253. The molecule has 0 aromatic heterocycles. The van der Waals surface area contributed by atoms with Crippen LogP contribution in [0.4, 0.5) is 10.1 Å². The van der Waals surface area contributed by atoms with E-state index in [0.29, 0.717) is 46.9 Å². The Bertz CT molecular complexity index is 1800. The Morgan fingerprint density at radius 3 is 2.29 bits per heavy atom. The summed E-state index contributed by atoms with van der Waals surface area (Å²) in [5.41, 5.74) is 5.71. The van der Waals surface area contributed by atoms with Crippen LogP contribution in [0.5, 0.6) is 0 Å². The molecule has 3 aromatic rings.